The third-order valence-corrected chi connectivity index (χ3v) is 2.29. The van der Waals surface area contributed by atoms with Crippen molar-refractivity contribution in [3.05, 3.63) is 0 Å². The summed E-state index contributed by atoms with van der Waals surface area (Å²) in [5, 5.41) is 18.6. The third kappa shape index (κ3) is 4.73. The fourth-order valence-corrected chi connectivity index (χ4v) is 1.40. The van der Waals surface area contributed by atoms with Crippen molar-refractivity contribution in [3.63, 3.8) is 0 Å². The quantitative estimate of drug-likeness (QED) is 0.619. The molecule has 2 heteroatoms. The number of aliphatic hydroxyl groups excluding tert-OH is 2. The molecule has 0 fully saturated rings. The van der Waals surface area contributed by atoms with Gasteiger partial charge in [0.05, 0.1) is 6.10 Å². The van der Waals surface area contributed by atoms with Crippen LogP contribution in [0.25, 0.3) is 0 Å². The first-order valence-corrected chi connectivity index (χ1v) is 5.05. The fraction of sp³-hybridized carbons (Fsp3) is 1.00. The average Bonchev–Trinajstić information content (AvgIpc) is 2.06. The highest BCUT2D eigenvalue weighted by Crippen LogP contribution is 2.15. The second-order valence-electron chi connectivity index (χ2n) is 3.44. The zero-order valence-corrected chi connectivity index (χ0v) is 8.29. The summed E-state index contributed by atoms with van der Waals surface area (Å²) in [6, 6.07) is 0. The van der Waals surface area contributed by atoms with Gasteiger partial charge in [-0.3, -0.25) is 0 Å². The van der Waals surface area contributed by atoms with Gasteiger partial charge in [0, 0.05) is 12.5 Å². The minimum Gasteiger partial charge on any atom is -0.396 e. The smallest absolute Gasteiger partial charge is 0.0590 e. The van der Waals surface area contributed by atoms with Gasteiger partial charge in [0.25, 0.3) is 0 Å². The number of hydrogen-bond acceptors (Lipinski definition) is 2. The SMILES string of the molecule is CCCCC(CO)C(O)CCC. The van der Waals surface area contributed by atoms with Crippen molar-refractivity contribution in [2.24, 2.45) is 5.92 Å². The summed E-state index contributed by atoms with van der Waals surface area (Å²) in [6.07, 6.45) is 4.69. The largest absolute Gasteiger partial charge is 0.396 e. The molecule has 0 saturated heterocycles. The minimum atomic E-state index is -0.299. The molecule has 0 radical (unpaired) electrons. The van der Waals surface area contributed by atoms with E-state index in [1.165, 1.54) is 0 Å². The zero-order chi connectivity index (χ0) is 9.40. The molecule has 2 N–H and O–H groups in total. The Hall–Kier alpha value is -0.0800. The number of unbranched alkanes of at least 4 members (excludes halogenated alkanes) is 1. The third-order valence-electron chi connectivity index (χ3n) is 2.29. The summed E-state index contributed by atoms with van der Waals surface area (Å²) in [4.78, 5) is 0. The standard InChI is InChI=1S/C10H22O2/c1-3-5-7-9(8-11)10(12)6-4-2/h9-12H,3-8H2,1-2H3. The van der Waals surface area contributed by atoms with E-state index in [2.05, 4.69) is 13.8 Å². The molecule has 0 aliphatic rings. The van der Waals surface area contributed by atoms with Crippen molar-refractivity contribution in [2.75, 3.05) is 6.61 Å². The van der Waals surface area contributed by atoms with E-state index in [0.717, 1.165) is 32.1 Å². The fourth-order valence-electron chi connectivity index (χ4n) is 1.40. The summed E-state index contributed by atoms with van der Waals surface area (Å²) < 4.78 is 0. The molecule has 12 heavy (non-hydrogen) atoms. The lowest BCUT2D eigenvalue weighted by molar-refractivity contribution is 0.0546. The molecule has 0 heterocycles. The Balaban J connectivity index is 3.62. The van der Waals surface area contributed by atoms with Gasteiger partial charge in [-0.1, -0.05) is 33.1 Å². The lowest BCUT2D eigenvalue weighted by Crippen LogP contribution is -2.23. The summed E-state index contributed by atoms with van der Waals surface area (Å²) in [6.45, 7) is 4.30. The Bertz CT molecular complexity index is 93.8. The molecule has 0 aliphatic heterocycles. The Morgan fingerprint density at radius 1 is 1.08 bits per heavy atom. The van der Waals surface area contributed by atoms with Crippen molar-refractivity contribution in [1.82, 2.24) is 0 Å². The van der Waals surface area contributed by atoms with Crippen LogP contribution in [0.5, 0.6) is 0 Å². The van der Waals surface area contributed by atoms with Crippen LogP contribution < -0.4 is 0 Å². The lowest BCUT2D eigenvalue weighted by Gasteiger charge is -2.19. The van der Waals surface area contributed by atoms with Gasteiger partial charge in [-0.15, -0.1) is 0 Å². The Labute approximate surface area is 75.6 Å². The van der Waals surface area contributed by atoms with Crippen LogP contribution >= 0.6 is 0 Å². The predicted octanol–water partition coefficient (Wildman–Crippen LogP) is 1.95. The number of aliphatic hydroxyl groups is 2. The highest BCUT2D eigenvalue weighted by atomic mass is 16.3. The van der Waals surface area contributed by atoms with Gasteiger partial charge in [-0.05, 0) is 12.8 Å². The van der Waals surface area contributed by atoms with Crippen LogP contribution in [0.4, 0.5) is 0 Å². The van der Waals surface area contributed by atoms with Gasteiger partial charge >= 0.3 is 0 Å². The first kappa shape index (κ1) is 11.9. The number of rotatable bonds is 7. The second kappa shape index (κ2) is 7.56. The molecular formula is C10H22O2. The van der Waals surface area contributed by atoms with Crippen molar-refractivity contribution >= 4 is 0 Å². The topological polar surface area (TPSA) is 40.5 Å². The van der Waals surface area contributed by atoms with E-state index in [-0.39, 0.29) is 18.6 Å². The van der Waals surface area contributed by atoms with Crippen LogP contribution in [0.15, 0.2) is 0 Å². The van der Waals surface area contributed by atoms with Gasteiger partial charge in [0.1, 0.15) is 0 Å². The van der Waals surface area contributed by atoms with Gasteiger partial charge < -0.3 is 10.2 Å². The summed E-state index contributed by atoms with van der Waals surface area (Å²) in [5.41, 5.74) is 0. The van der Waals surface area contributed by atoms with Gasteiger partial charge in [0.2, 0.25) is 0 Å². The zero-order valence-electron chi connectivity index (χ0n) is 8.29. The second-order valence-corrected chi connectivity index (χ2v) is 3.44. The maximum atomic E-state index is 9.58. The van der Waals surface area contributed by atoms with Crippen LogP contribution in [0, 0.1) is 5.92 Å². The van der Waals surface area contributed by atoms with E-state index in [9.17, 15) is 5.11 Å². The van der Waals surface area contributed by atoms with Crippen LogP contribution in [-0.4, -0.2) is 22.9 Å². The molecule has 0 aromatic heterocycles. The molecule has 0 amide bonds. The molecule has 0 aromatic carbocycles. The molecule has 0 aliphatic carbocycles. The van der Waals surface area contributed by atoms with Gasteiger partial charge in [-0.25, -0.2) is 0 Å². The van der Waals surface area contributed by atoms with E-state index in [0.29, 0.717) is 0 Å². The molecule has 2 unspecified atom stereocenters. The molecule has 0 spiro atoms. The molecular weight excluding hydrogens is 152 g/mol. The molecule has 0 bridgehead atoms. The summed E-state index contributed by atoms with van der Waals surface area (Å²) >= 11 is 0. The predicted molar refractivity (Wildman–Crippen MR) is 51.0 cm³/mol. The Morgan fingerprint density at radius 3 is 2.17 bits per heavy atom. The maximum absolute atomic E-state index is 9.58. The Morgan fingerprint density at radius 2 is 1.75 bits per heavy atom. The first-order valence-electron chi connectivity index (χ1n) is 5.05. The van der Waals surface area contributed by atoms with Crippen LogP contribution in [0.2, 0.25) is 0 Å². The highest BCUT2D eigenvalue weighted by molar-refractivity contribution is 4.67. The first-order chi connectivity index (χ1) is 5.76. The van der Waals surface area contributed by atoms with Gasteiger partial charge in [-0.2, -0.15) is 0 Å². The minimum absolute atomic E-state index is 0.102. The molecule has 0 saturated carbocycles. The van der Waals surface area contributed by atoms with E-state index in [1.54, 1.807) is 0 Å². The molecule has 74 valence electrons. The van der Waals surface area contributed by atoms with E-state index in [1.807, 2.05) is 0 Å². The van der Waals surface area contributed by atoms with Crippen LogP contribution in [0.1, 0.15) is 46.0 Å². The number of hydrogen-bond donors (Lipinski definition) is 2. The summed E-state index contributed by atoms with van der Waals surface area (Å²) in [5.74, 6) is 0.102. The molecule has 0 aromatic rings. The van der Waals surface area contributed by atoms with Crippen molar-refractivity contribution in [3.8, 4) is 0 Å². The lowest BCUT2D eigenvalue weighted by atomic mass is 9.94. The maximum Gasteiger partial charge on any atom is 0.0590 e. The monoisotopic (exact) mass is 174 g/mol. The normalized spacial score (nSPS) is 16.0. The van der Waals surface area contributed by atoms with E-state index < -0.39 is 0 Å². The van der Waals surface area contributed by atoms with E-state index in [4.69, 9.17) is 5.11 Å². The van der Waals surface area contributed by atoms with Crippen LogP contribution in [-0.2, 0) is 0 Å². The van der Waals surface area contributed by atoms with Crippen LogP contribution in [0.3, 0.4) is 0 Å². The van der Waals surface area contributed by atoms with Crippen molar-refractivity contribution in [1.29, 1.82) is 0 Å². The highest BCUT2D eigenvalue weighted by Gasteiger charge is 2.16. The van der Waals surface area contributed by atoms with Crippen molar-refractivity contribution < 1.29 is 10.2 Å². The molecule has 2 nitrogen and oxygen atoms in total. The van der Waals surface area contributed by atoms with E-state index >= 15 is 0 Å². The summed E-state index contributed by atoms with van der Waals surface area (Å²) in [7, 11) is 0. The van der Waals surface area contributed by atoms with Crippen molar-refractivity contribution in [2.45, 2.75) is 52.1 Å². The van der Waals surface area contributed by atoms with Gasteiger partial charge in [0.15, 0.2) is 0 Å². The molecule has 2 atom stereocenters. The Kier molecular flexibility index (Phi) is 7.51. The average molecular weight is 174 g/mol. The molecule has 0 rings (SSSR count).